The summed E-state index contributed by atoms with van der Waals surface area (Å²) >= 11 is -1.51. The van der Waals surface area contributed by atoms with Crippen LogP contribution in [0.15, 0.2) is 41.7 Å². The molecule has 0 bridgehead atoms. The summed E-state index contributed by atoms with van der Waals surface area (Å²) in [6, 6.07) is 6.93. The van der Waals surface area contributed by atoms with Gasteiger partial charge in [0.2, 0.25) is 0 Å². The third kappa shape index (κ3) is 5.98. The SMILES string of the molecule is COc1ccnc(CC[S+]([O-])c2nc3cc(OC(F)(F)C(F)F)ccc3[nH]2)c1.[NaH]. The van der Waals surface area contributed by atoms with E-state index in [2.05, 4.69) is 19.7 Å². The number of methoxy groups -OCH3 is 1. The number of hydrogen-bond acceptors (Lipinski definition) is 5. The van der Waals surface area contributed by atoms with Crippen LogP contribution in [0.4, 0.5) is 17.6 Å². The average molecular weight is 441 g/mol. The number of aromatic nitrogens is 3. The van der Waals surface area contributed by atoms with Gasteiger partial charge in [0.1, 0.15) is 17.3 Å². The predicted molar refractivity (Wildman–Crippen MR) is 101 cm³/mol. The van der Waals surface area contributed by atoms with Crippen molar-refractivity contribution < 1.29 is 31.6 Å². The molecule has 1 unspecified atom stereocenters. The van der Waals surface area contributed by atoms with Gasteiger partial charge in [-0.3, -0.25) is 9.97 Å². The molecule has 12 heteroatoms. The number of rotatable bonds is 8. The van der Waals surface area contributed by atoms with Crippen LogP contribution in [0, 0.1) is 0 Å². The second-order valence-electron chi connectivity index (χ2n) is 5.67. The maximum atomic E-state index is 13.0. The Labute approximate surface area is 188 Å². The monoisotopic (exact) mass is 441 g/mol. The van der Waals surface area contributed by atoms with Crippen molar-refractivity contribution >= 4 is 51.8 Å². The quantitative estimate of drug-likeness (QED) is 0.330. The summed E-state index contributed by atoms with van der Waals surface area (Å²) < 4.78 is 72.1. The van der Waals surface area contributed by atoms with Crippen LogP contribution < -0.4 is 9.47 Å². The molecule has 0 saturated heterocycles. The van der Waals surface area contributed by atoms with Gasteiger partial charge in [-0.2, -0.15) is 22.5 Å². The zero-order valence-corrected chi connectivity index (χ0v) is 15.3. The van der Waals surface area contributed by atoms with E-state index in [0.29, 0.717) is 23.4 Å². The van der Waals surface area contributed by atoms with Crippen LogP contribution in [0.2, 0.25) is 0 Å². The first-order valence-electron chi connectivity index (χ1n) is 8.00. The minimum absolute atomic E-state index is 0. The zero-order chi connectivity index (χ0) is 20.3. The van der Waals surface area contributed by atoms with Gasteiger partial charge in [-0.05, 0) is 18.2 Å². The van der Waals surface area contributed by atoms with Crippen molar-refractivity contribution in [3.05, 3.63) is 42.2 Å². The van der Waals surface area contributed by atoms with Crippen LogP contribution in [0.3, 0.4) is 0 Å². The fourth-order valence-electron chi connectivity index (χ4n) is 2.35. The van der Waals surface area contributed by atoms with E-state index in [1.807, 2.05) is 0 Å². The number of imidazole rings is 1. The number of fused-ring (bicyclic) bond motifs is 1. The Morgan fingerprint density at radius 3 is 2.66 bits per heavy atom. The molecule has 0 spiro atoms. The molecule has 1 aromatic carbocycles. The fourth-order valence-corrected chi connectivity index (χ4v) is 3.36. The molecule has 2 heterocycles. The molecule has 0 aliphatic heterocycles. The number of ether oxygens (including phenoxy) is 2. The molecule has 0 aliphatic carbocycles. The first kappa shape index (κ1) is 23.7. The van der Waals surface area contributed by atoms with Crippen molar-refractivity contribution in [3.8, 4) is 11.5 Å². The number of H-pyrrole nitrogens is 1. The van der Waals surface area contributed by atoms with Gasteiger partial charge < -0.3 is 14.0 Å². The topological polar surface area (TPSA) is 83.1 Å². The van der Waals surface area contributed by atoms with Gasteiger partial charge >= 0.3 is 47.2 Å². The molecule has 1 atom stereocenters. The Bertz CT molecular complexity index is 961. The molecule has 3 rings (SSSR count). The van der Waals surface area contributed by atoms with Gasteiger partial charge in [0, 0.05) is 41.6 Å². The van der Waals surface area contributed by atoms with Crippen LogP contribution in [-0.4, -0.2) is 74.5 Å². The molecule has 29 heavy (non-hydrogen) atoms. The predicted octanol–water partition coefficient (Wildman–Crippen LogP) is 2.91. The van der Waals surface area contributed by atoms with E-state index in [1.54, 1.807) is 18.3 Å². The van der Waals surface area contributed by atoms with Crippen molar-refractivity contribution in [3.63, 3.8) is 0 Å². The van der Waals surface area contributed by atoms with Crippen molar-refractivity contribution in [2.75, 3.05) is 12.9 Å². The number of aromatic amines is 1. The van der Waals surface area contributed by atoms with Crippen LogP contribution in [0.25, 0.3) is 11.0 Å². The van der Waals surface area contributed by atoms with E-state index < -0.39 is 29.5 Å². The molecular formula is C17H16F4N3NaO3S. The van der Waals surface area contributed by atoms with E-state index in [0.717, 1.165) is 12.1 Å². The number of pyridine rings is 1. The molecule has 2 aromatic heterocycles. The summed E-state index contributed by atoms with van der Waals surface area (Å²) in [5, 5.41) is 0.135. The molecule has 152 valence electrons. The normalized spacial score (nSPS) is 12.7. The van der Waals surface area contributed by atoms with Crippen LogP contribution in [0.5, 0.6) is 11.5 Å². The van der Waals surface area contributed by atoms with Crippen LogP contribution in [0.1, 0.15) is 5.69 Å². The summed E-state index contributed by atoms with van der Waals surface area (Å²) in [7, 11) is 1.53. The standard InChI is InChI=1S/C17H15F4N3O3S.Na.H/c1-26-11-4-6-22-10(8-11)5-7-28(25)16-23-13-3-2-12(9-14(13)24-16)27-17(20,21)15(18)19;;/h2-4,6,8-9,15H,5,7H2,1H3,(H,23,24);;. The number of alkyl halides is 4. The van der Waals surface area contributed by atoms with Crippen molar-refractivity contribution in [2.45, 2.75) is 24.1 Å². The number of aryl methyl sites for hydroxylation is 1. The van der Waals surface area contributed by atoms with E-state index in [1.165, 1.54) is 13.2 Å². The van der Waals surface area contributed by atoms with Crippen molar-refractivity contribution in [1.29, 1.82) is 0 Å². The molecular weight excluding hydrogens is 425 g/mol. The molecule has 0 aliphatic rings. The first-order chi connectivity index (χ1) is 13.3. The Kier molecular flexibility index (Phi) is 8.18. The van der Waals surface area contributed by atoms with E-state index >= 15 is 0 Å². The number of benzene rings is 1. The molecule has 1 N–H and O–H groups in total. The van der Waals surface area contributed by atoms with Crippen molar-refractivity contribution in [1.82, 2.24) is 15.0 Å². The van der Waals surface area contributed by atoms with Gasteiger partial charge in [-0.15, -0.1) is 0 Å². The second-order valence-corrected chi connectivity index (χ2v) is 7.16. The van der Waals surface area contributed by atoms with Gasteiger partial charge in [0.25, 0.3) is 0 Å². The Morgan fingerprint density at radius 1 is 1.21 bits per heavy atom. The zero-order valence-electron chi connectivity index (χ0n) is 14.5. The summed E-state index contributed by atoms with van der Waals surface area (Å²) in [5.74, 6) is 0.377. The number of nitrogens with one attached hydrogen (secondary N) is 1. The maximum absolute atomic E-state index is 13.0. The minimum atomic E-state index is -4.61. The van der Waals surface area contributed by atoms with Crippen molar-refractivity contribution in [2.24, 2.45) is 0 Å². The molecule has 0 fully saturated rings. The molecule has 0 saturated carbocycles. The summed E-state index contributed by atoms with van der Waals surface area (Å²) in [5.41, 5.74) is 1.27. The fraction of sp³-hybridized carbons (Fsp3) is 0.294. The number of nitrogens with zero attached hydrogens (tertiary/aromatic N) is 2. The van der Waals surface area contributed by atoms with Gasteiger partial charge in [-0.1, -0.05) is 0 Å². The molecule has 3 aromatic rings. The van der Waals surface area contributed by atoms with Gasteiger partial charge in [-0.25, -0.2) is 0 Å². The summed E-state index contributed by atoms with van der Waals surface area (Å²) in [6.45, 7) is 0. The van der Waals surface area contributed by atoms with E-state index in [9.17, 15) is 22.1 Å². The Hall–Kier alpha value is -1.53. The third-order valence-corrected chi connectivity index (χ3v) is 4.92. The molecule has 0 radical (unpaired) electrons. The van der Waals surface area contributed by atoms with E-state index in [4.69, 9.17) is 4.74 Å². The van der Waals surface area contributed by atoms with Crippen LogP contribution >= 0.6 is 0 Å². The first-order valence-corrected chi connectivity index (χ1v) is 9.32. The van der Waals surface area contributed by atoms with Gasteiger partial charge in [0.15, 0.2) is 0 Å². The molecule has 6 nitrogen and oxygen atoms in total. The summed E-state index contributed by atoms with van der Waals surface area (Å²) in [4.78, 5) is 11.1. The third-order valence-electron chi connectivity index (χ3n) is 3.72. The summed E-state index contributed by atoms with van der Waals surface area (Å²) in [6.07, 6.45) is -6.60. The van der Waals surface area contributed by atoms with E-state index in [-0.39, 0.29) is 46.0 Å². The molecule has 0 amide bonds. The number of halogens is 4. The Balaban J connectivity index is 0.00000300. The Morgan fingerprint density at radius 2 is 1.97 bits per heavy atom. The second kappa shape index (κ2) is 9.98. The average Bonchev–Trinajstić information content (AvgIpc) is 3.09. The van der Waals surface area contributed by atoms with Crippen LogP contribution in [-0.2, 0) is 17.6 Å². The van der Waals surface area contributed by atoms with Gasteiger partial charge in [0.05, 0.1) is 18.1 Å². The number of hydrogen-bond donors (Lipinski definition) is 1.